The van der Waals surface area contributed by atoms with Crippen LogP contribution in [0.2, 0.25) is 5.02 Å². The summed E-state index contributed by atoms with van der Waals surface area (Å²) in [4.78, 5) is 35.0. The van der Waals surface area contributed by atoms with Crippen molar-refractivity contribution >= 4 is 29.2 Å². The van der Waals surface area contributed by atoms with Gasteiger partial charge >= 0.3 is 5.97 Å². The Hall–Kier alpha value is -2.15. The van der Waals surface area contributed by atoms with Crippen LogP contribution in [0, 0.1) is 22.0 Å². The van der Waals surface area contributed by atoms with Gasteiger partial charge in [0.15, 0.2) is 0 Å². The molecule has 1 aromatic carbocycles. The second-order valence-corrected chi connectivity index (χ2v) is 5.46. The lowest BCUT2D eigenvalue weighted by Crippen LogP contribution is -2.30. The number of hydrogen-bond donors (Lipinski definition) is 1. The molecule has 2 atom stereocenters. The smallest absolute Gasteiger partial charge is 0.308 e. The van der Waals surface area contributed by atoms with Gasteiger partial charge in [-0.05, 0) is 12.0 Å². The lowest BCUT2D eigenvalue weighted by molar-refractivity contribution is -0.384. The quantitative estimate of drug-likeness (QED) is 0.680. The molecule has 0 radical (unpaired) electrons. The van der Waals surface area contributed by atoms with Crippen LogP contribution in [0.3, 0.4) is 0 Å². The van der Waals surface area contributed by atoms with E-state index >= 15 is 0 Å². The second-order valence-electron chi connectivity index (χ2n) is 5.05. The van der Waals surface area contributed by atoms with Crippen molar-refractivity contribution in [1.29, 1.82) is 0 Å². The number of carboxylic acid groups (broad SMARTS) is 1. The molecule has 1 N–H and O–H groups in total. The largest absolute Gasteiger partial charge is 0.481 e. The predicted molar refractivity (Wildman–Crippen MR) is 74.3 cm³/mol. The van der Waals surface area contributed by atoms with Gasteiger partial charge in [0.1, 0.15) is 0 Å². The average molecular weight is 313 g/mol. The maximum Gasteiger partial charge on any atom is 0.308 e. The number of likely N-dealkylation sites (tertiary alicyclic amines) is 1. The van der Waals surface area contributed by atoms with Crippen molar-refractivity contribution in [2.24, 2.45) is 11.8 Å². The van der Waals surface area contributed by atoms with E-state index in [-0.39, 0.29) is 35.3 Å². The zero-order valence-electron chi connectivity index (χ0n) is 11.2. The highest BCUT2D eigenvalue weighted by atomic mass is 35.5. The molecular formula is C13H13ClN2O5. The van der Waals surface area contributed by atoms with Crippen LogP contribution < -0.4 is 0 Å². The third-order valence-electron chi connectivity index (χ3n) is 3.61. The van der Waals surface area contributed by atoms with Crippen LogP contribution in [-0.4, -0.2) is 39.9 Å². The Balaban J connectivity index is 2.27. The number of carbonyl (C=O) groups excluding carboxylic acids is 1. The van der Waals surface area contributed by atoms with Crippen molar-refractivity contribution in [2.45, 2.75) is 6.92 Å². The molecule has 0 aromatic heterocycles. The van der Waals surface area contributed by atoms with Gasteiger partial charge in [0.05, 0.1) is 21.4 Å². The number of aliphatic carboxylic acids is 1. The summed E-state index contributed by atoms with van der Waals surface area (Å²) in [7, 11) is 0. The number of non-ortho nitro benzene ring substituents is 1. The number of nitro benzene ring substituents is 1. The summed E-state index contributed by atoms with van der Waals surface area (Å²) in [6.07, 6.45) is 0. The molecule has 0 saturated carbocycles. The highest BCUT2D eigenvalue weighted by molar-refractivity contribution is 6.33. The van der Waals surface area contributed by atoms with E-state index in [9.17, 15) is 19.7 Å². The lowest BCUT2D eigenvalue weighted by Gasteiger charge is -2.16. The molecule has 1 aromatic rings. The molecule has 8 heteroatoms. The predicted octanol–water partition coefficient (Wildman–Crippen LogP) is 2.04. The molecular weight excluding hydrogens is 300 g/mol. The number of hydrogen-bond acceptors (Lipinski definition) is 4. The van der Waals surface area contributed by atoms with E-state index in [1.165, 1.54) is 17.0 Å². The lowest BCUT2D eigenvalue weighted by atomic mass is 9.99. The van der Waals surface area contributed by atoms with E-state index in [4.69, 9.17) is 16.7 Å². The van der Waals surface area contributed by atoms with Gasteiger partial charge in [0.25, 0.3) is 11.6 Å². The number of carboxylic acids is 1. The minimum absolute atomic E-state index is 0.0177. The Kier molecular flexibility index (Phi) is 4.13. The normalized spacial score (nSPS) is 21.3. The van der Waals surface area contributed by atoms with Crippen LogP contribution >= 0.6 is 11.6 Å². The molecule has 1 aliphatic rings. The van der Waals surface area contributed by atoms with Gasteiger partial charge in [0.2, 0.25) is 0 Å². The van der Waals surface area contributed by atoms with Crippen LogP contribution in [0.5, 0.6) is 0 Å². The van der Waals surface area contributed by atoms with Crippen molar-refractivity contribution in [2.75, 3.05) is 13.1 Å². The molecule has 0 spiro atoms. The summed E-state index contributed by atoms with van der Waals surface area (Å²) >= 11 is 5.92. The average Bonchev–Trinajstić information content (AvgIpc) is 2.80. The third kappa shape index (κ3) is 2.97. The van der Waals surface area contributed by atoms with Crippen LogP contribution in [-0.2, 0) is 4.79 Å². The first kappa shape index (κ1) is 15.2. The molecule has 1 amide bonds. The van der Waals surface area contributed by atoms with Crippen molar-refractivity contribution in [3.8, 4) is 0 Å². The number of nitro groups is 1. The number of amides is 1. The highest BCUT2D eigenvalue weighted by Gasteiger charge is 2.37. The summed E-state index contributed by atoms with van der Waals surface area (Å²) in [6.45, 7) is 2.12. The van der Waals surface area contributed by atoms with Crippen LogP contribution in [0.25, 0.3) is 0 Å². The minimum Gasteiger partial charge on any atom is -0.481 e. The first-order valence-electron chi connectivity index (χ1n) is 6.27. The molecule has 21 heavy (non-hydrogen) atoms. The van der Waals surface area contributed by atoms with Crippen LogP contribution in [0.1, 0.15) is 17.3 Å². The topological polar surface area (TPSA) is 101 Å². The minimum atomic E-state index is -0.956. The SMILES string of the molecule is CC1CN(C(=O)c2cc([N+](=O)[O-])ccc2Cl)CC1C(=O)O. The number of benzene rings is 1. The monoisotopic (exact) mass is 312 g/mol. The van der Waals surface area contributed by atoms with Gasteiger partial charge in [-0.3, -0.25) is 19.7 Å². The molecule has 2 unspecified atom stereocenters. The summed E-state index contributed by atoms with van der Waals surface area (Å²) in [5, 5.41) is 19.9. The Morgan fingerprint density at radius 3 is 2.62 bits per heavy atom. The summed E-state index contributed by atoms with van der Waals surface area (Å²) < 4.78 is 0. The van der Waals surface area contributed by atoms with Gasteiger partial charge < -0.3 is 10.0 Å². The standard InChI is InChI=1S/C13H13ClN2O5/c1-7-5-15(6-10(7)13(18)19)12(17)9-4-8(16(20)21)2-3-11(9)14/h2-4,7,10H,5-6H2,1H3,(H,18,19). The maximum absolute atomic E-state index is 12.4. The van der Waals surface area contributed by atoms with E-state index in [1.807, 2.05) is 0 Å². The van der Waals surface area contributed by atoms with Gasteiger partial charge in [0, 0.05) is 25.2 Å². The first-order chi connectivity index (χ1) is 9.81. The van der Waals surface area contributed by atoms with Crippen molar-refractivity contribution in [3.63, 3.8) is 0 Å². The third-order valence-corrected chi connectivity index (χ3v) is 3.94. The molecule has 1 saturated heterocycles. The molecule has 0 aliphatic carbocycles. The van der Waals surface area contributed by atoms with Gasteiger partial charge in [-0.2, -0.15) is 0 Å². The van der Waals surface area contributed by atoms with E-state index < -0.39 is 22.7 Å². The van der Waals surface area contributed by atoms with Crippen LogP contribution in [0.15, 0.2) is 18.2 Å². The molecule has 2 rings (SSSR count). The van der Waals surface area contributed by atoms with Gasteiger partial charge in [-0.1, -0.05) is 18.5 Å². The number of rotatable bonds is 3. The fourth-order valence-corrected chi connectivity index (χ4v) is 2.61. The second kappa shape index (κ2) is 5.69. The van der Waals surface area contributed by atoms with E-state index in [2.05, 4.69) is 0 Å². The number of halogens is 1. The fourth-order valence-electron chi connectivity index (χ4n) is 2.42. The highest BCUT2D eigenvalue weighted by Crippen LogP contribution is 2.28. The first-order valence-corrected chi connectivity index (χ1v) is 6.65. The Morgan fingerprint density at radius 2 is 2.10 bits per heavy atom. The molecule has 1 aliphatic heterocycles. The fraction of sp³-hybridized carbons (Fsp3) is 0.385. The van der Waals surface area contributed by atoms with Crippen molar-refractivity contribution < 1.29 is 19.6 Å². The van der Waals surface area contributed by atoms with Gasteiger partial charge in [-0.15, -0.1) is 0 Å². The number of nitrogens with zero attached hydrogens (tertiary/aromatic N) is 2. The Morgan fingerprint density at radius 1 is 1.43 bits per heavy atom. The zero-order valence-corrected chi connectivity index (χ0v) is 11.9. The molecule has 7 nitrogen and oxygen atoms in total. The maximum atomic E-state index is 12.4. The van der Waals surface area contributed by atoms with Gasteiger partial charge in [-0.25, -0.2) is 0 Å². The van der Waals surface area contributed by atoms with Crippen LogP contribution in [0.4, 0.5) is 5.69 Å². The zero-order chi connectivity index (χ0) is 15.7. The van der Waals surface area contributed by atoms with Crippen molar-refractivity contribution in [3.05, 3.63) is 38.9 Å². The Labute approximate surface area is 125 Å². The summed E-state index contributed by atoms with van der Waals surface area (Å²) in [5.74, 6) is -2.25. The molecule has 1 fully saturated rings. The Bertz CT molecular complexity index is 619. The van der Waals surface area contributed by atoms with E-state index in [0.29, 0.717) is 0 Å². The molecule has 112 valence electrons. The molecule has 0 bridgehead atoms. The summed E-state index contributed by atoms with van der Waals surface area (Å²) in [6, 6.07) is 3.62. The van der Waals surface area contributed by atoms with E-state index in [1.54, 1.807) is 6.92 Å². The molecule has 1 heterocycles. The van der Waals surface area contributed by atoms with E-state index in [0.717, 1.165) is 6.07 Å². The number of carbonyl (C=O) groups is 2. The summed E-state index contributed by atoms with van der Waals surface area (Å²) in [5.41, 5.74) is -0.214. The van der Waals surface area contributed by atoms with Crippen molar-refractivity contribution in [1.82, 2.24) is 4.90 Å².